The van der Waals surface area contributed by atoms with Crippen LogP contribution in [0.2, 0.25) is 0 Å². The third-order valence-electron chi connectivity index (χ3n) is 12.0. The van der Waals surface area contributed by atoms with E-state index in [2.05, 4.69) is 96.6 Å². The van der Waals surface area contributed by atoms with Gasteiger partial charge in [-0.05, 0) is 66.2 Å². The first-order valence-corrected chi connectivity index (χ1v) is 15.3. The maximum Gasteiger partial charge on any atom is 0.235 e. The minimum atomic E-state index is -0.821. The molecule has 0 radical (unpaired) electrons. The van der Waals surface area contributed by atoms with Crippen molar-refractivity contribution in [1.82, 2.24) is 10.6 Å². The fourth-order valence-electron chi connectivity index (χ4n) is 10.4. The molecule has 4 aliphatic carbocycles. The van der Waals surface area contributed by atoms with Gasteiger partial charge in [0.25, 0.3) is 0 Å². The summed E-state index contributed by atoms with van der Waals surface area (Å²) in [5, 5.41) is 5.26. The minimum Gasteiger partial charge on any atom is -0.296 e. The van der Waals surface area contributed by atoms with Gasteiger partial charge in [-0.1, -0.05) is 85.0 Å². The van der Waals surface area contributed by atoms with Crippen LogP contribution >= 0.6 is 0 Å². The van der Waals surface area contributed by atoms with Crippen LogP contribution in [-0.2, 0) is 36.4 Å². The second kappa shape index (κ2) is 8.62. The van der Waals surface area contributed by atoms with Crippen molar-refractivity contribution in [3.05, 3.63) is 120 Å². The van der Waals surface area contributed by atoms with E-state index >= 15 is 0 Å². The molecule has 2 aromatic rings. The average molecular weight is 571 g/mol. The van der Waals surface area contributed by atoms with E-state index in [1.165, 1.54) is 0 Å². The summed E-state index contributed by atoms with van der Waals surface area (Å²) in [5.41, 5.74) is 1.74. The van der Waals surface area contributed by atoms with Gasteiger partial charge >= 0.3 is 0 Å². The summed E-state index contributed by atoms with van der Waals surface area (Å²) >= 11 is 0. The number of carbonyl (C=O) groups excluding carboxylic acids is 4. The van der Waals surface area contributed by atoms with E-state index in [4.69, 9.17) is 0 Å². The number of amides is 4. The molecule has 8 atom stereocenters. The van der Waals surface area contributed by atoms with Crippen molar-refractivity contribution in [1.29, 1.82) is 0 Å². The fraction of sp³-hybridized carbons (Fsp3) is 0.351. The van der Waals surface area contributed by atoms with Crippen LogP contribution in [-0.4, -0.2) is 23.6 Å². The van der Waals surface area contributed by atoms with Crippen molar-refractivity contribution in [2.24, 2.45) is 34.5 Å². The largest absolute Gasteiger partial charge is 0.296 e. The molecule has 6 aliphatic rings. The summed E-state index contributed by atoms with van der Waals surface area (Å²) in [6, 6.07) is 17.0. The molecule has 43 heavy (non-hydrogen) atoms. The summed E-state index contributed by atoms with van der Waals surface area (Å²) in [6.45, 7) is 7.86. The Kier molecular flexibility index (Phi) is 5.28. The van der Waals surface area contributed by atoms with Crippen LogP contribution in [0.5, 0.6) is 0 Å². The molecule has 216 valence electrons. The monoisotopic (exact) mass is 570 g/mol. The molecule has 0 spiro atoms. The van der Waals surface area contributed by atoms with Gasteiger partial charge in [-0.25, -0.2) is 0 Å². The van der Waals surface area contributed by atoms with Gasteiger partial charge in [0.15, 0.2) is 0 Å². The highest BCUT2D eigenvalue weighted by Gasteiger charge is 2.74. The Balaban J connectivity index is 1.07. The molecule has 2 N–H and O–H groups in total. The Labute approximate surface area is 251 Å². The highest BCUT2D eigenvalue weighted by Crippen LogP contribution is 2.69. The number of hydrogen-bond acceptors (Lipinski definition) is 4. The lowest BCUT2D eigenvalue weighted by molar-refractivity contribution is -0.131. The maximum atomic E-state index is 13.3. The predicted octanol–water partition coefficient (Wildman–Crippen LogP) is 4.60. The van der Waals surface area contributed by atoms with Crippen molar-refractivity contribution in [2.45, 2.75) is 42.9 Å². The lowest BCUT2D eigenvalue weighted by Gasteiger charge is -2.42. The van der Waals surface area contributed by atoms with Gasteiger partial charge in [0.05, 0.1) is 22.7 Å². The van der Waals surface area contributed by atoms with Crippen LogP contribution in [0.1, 0.15) is 47.9 Å². The molecule has 2 heterocycles. The Morgan fingerprint density at radius 2 is 1.05 bits per heavy atom. The molecule has 8 rings (SSSR count). The molecular formula is C37H34N2O4. The Bertz CT molecular complexity index is 1580. The van der Waals surface area contributed by atoms with Crippen molar-refractivity contribution < 1.29 is 19.2 Å². The first-order valence-electron chi connectivity index (χ1n) is 15.3. The van der Waals surface area contributed by atoms with Crippen molar-refractivity contribution in [3.8, 4) is 0 Å². The van der Waals surface area contributed by atoms with E-state index in [1.807, 2.05) is 0 Å². The smallest absolute Gasteiger partial charge is 0.235 e. The van der Waals surface area contributed by atoms with Gasteiger partial charge in [-0.15, -0.1) is 13.2 Å². The minimum absolute atomic E-state index is 0.0586. The van der Waals surface area contributed by atoms with E-state index in [-0.39, 0.29) is 47.3 Å². The second-order valence-electron chi connectivity index (χ2n) is 13.5. The molecule has 6 heteroatoms. The number of allylic oxidation sites excluding steroid dienone is 6. The number of rotatable bonds is 8. The van der Waals surface area contributed by atoms with Crippen LogP contribution in [0.4, 0.5) is 0 Å². The van der Waals surface area contributed by atoms with Crippen LogP contribution in [0, 0.1) is 34.5 Å². The molecule has 0 aromatic heterocycles. The van der Waals surface area contributed by atoms with Crippen LogP contribution in [0.15, 0.2) is 98.1 Å². The molecule has 2 saturated carbocycles. The van der Waals surface area contributed by atoms with Gasteiger partial charge in [0.2, 0.25) is 23.6 Å². The lowest BCUT2D eigenvalue weighted by atomic mass is 9.57. The first-order chi connectivity index (χ1) is 20.8. The molecule has 8 unspecified atom stereocenters. The number of imide groups is 2. The van der Waals surface area contributed by atoms with Crippen LogP contribution < -0.4 is 10.6 Å². The zero-order valence-electron chi connectivity index (χ0n) is 24.0. The molecule has 6 nitrogen and oxygen atoms in total. The third-order valence-corrected chi connectivity index (χ3v) is 12.0. The normalized spacial score (nSPS) is 39.3. The van der Waals surface area contributed by atoms with Gasteiger partial charge in [0.1, 0.15) is 0 Å². The summed E-state index contributed by atoms with van der Waals surface area (Å²) in [5.74, 6) is -1.25. The van der Waals surface area contributed by atoms with E-state index < -0.39 is 21.7 Å². The Morgan fingerprint density at radius 3 is 1.42 bits per heavy atom. The molecule has 2 aliphatic heterocycles. The highest BCUT2D eigenvalue weighted by atomic mass is 16.2. The molecule has 4 bridgehead atoms. The average Bonchev–Trinajstić information content (AvgIpc) is 3.82. The van der Waals surface area contributed by atoms with Crippen molar-refractivity contribution in [3.63, 3.8) is 0 Å². The zero-order chi connectivity index (χ0) is 29.8. The predicted molar refractivity (Wildman–Crippen MR) is 161 cm³/mol. The topological polar surface area (TPSA) is 92.3 Å². The standard InChI is InChI=1S/C37H34N2O4/c1-3-15-36-28(30(40)38-32(36)42)24-13-17-34(36,20-24)26-9-5-22(6-10-26)19-23-7-11-27(12-8-23)35-18-14-25(21-35)29-31(41)39-33(43)37(29,35)16-4-2/h3-14,17-18,24-25,28-29H,1-2,15-16,19-21H2,(H,38,40,42)(H,39,41,43). The number of carbonyl (C=O) groups is 4. The van der Waals surface area contributed by atoms with Gasteiger partial charge < -0.3 is 0 Å². The molecule has 4 amide bonds. The number of benzene rings is 2. The Morgan fingerprint density at radius 1 is 0.651 bits per heavy atom. The van der Waals surface area contributed by atoms with Gasteiger partial charge in [0, 0.05) is 10.8 Å². The summed E-state index contributed by atoms with van der Waals surface area (Å²) in [6.07, 6.45) is 15.3. The molecule has 2 saturated heterocycles. The highest BCUT2D eigenvalue weighted by molar-refractivity contribution is 6.11. The first kappa shape index (κ1) is 26.3. The lowest BCUT2D eigenvalue weighted by Crippen LogP contribution is -2.48. The molecular weight excluding hydrogens is 536 g/mol. The number of hydrogen-bond donors (Lipinski definition) is 2. The molecule has 4 fully saturated rings. The fourth-order valence-corrected chi connectivity index (χ4v) is 10.4. The van der Waals surface area contributed by atoms with E-state index in [1.54, 1.807) is 12.2 Å². The van der Waals surface area contributed by atoms with Gasteiger partial charge in [-0.3, -0.25) is 29.8 Å². The van der Waals surface area contributed by atoms with E-state index in [9.17, 15) is 19.2 Å². The number of nitrogens with one attached hydrogen (secondary N) is 2. The van der Waals surface area contributed by atoms with E-state index in [0.717, 1.165) is 41.5 Å². The SMILES string of the molecule is C=CCC12C(=O)NC(=O)C1C1C=CC2(c2ccc(Cc3ccc(C45C=CC(C4)C4C(=O)NC(=O)C45CC=C)cc3)cc2)C1. The summed E-state index contributed by atoms with van der Waals surface area (Å²) in [7, 11) is 0. The van der Waals surface area contributed by atoms with Crippen LogP contribution in [0.25, 0.3) is 0 Å². The van der Waals surface area contributed by atoms with E-state index in [0.29, 0.717) is 12.8 Å². The Hall–Kier alpha value is -4.32. The summed E-state index contributed by atoms with van der Waals surface area (Å²) < 4.78 is 0. The van der Waals surface area contributed by atoms with Crippen LogP contribution in [0.3, 0.4) is 0 Å². The summed E-state index contributed by atoms with van der Waals surface area (Å²) in [4.78, 5) is 52.2. The maximum absolute atomic E-state index is 13.3. The zero-order valence-corrected chi connectivity index (χ0v) is 24.0. The molecule has 2 aromatic carbocycles. The second-order valence-corrected chi connectivity index (χ2v) is 13.5. The third kappa shape index (κ3) is 2.94. The van der Waals surface area contributed by atoms with Crippen molar-refractivity contribution >= 4 is 23.6 Å². The van der Waals surface area contributed by atoms with Crippen molar-refractivity contribution in [2.75, 3.05) is 0 Å². The number of fused-ring (bicyclic) bond motifs is 10. The quantitative estimate of drug-likeness (QED) is 0.359. The van der Waals surface area contributed by atoms with Gasteiger partial charge in [-0.2, -0.15) is 0 Å².